The van der Waals surface area contributed by atoms with Gasteiger partial charge < -0.3 is 10.6 Å². The summed E-state index contributed by atoms with van der Waals surface area (Å²) in [5, 5.41) is 22.8. The summed E-state index contributed by atoms with van der Waals surface area (Å²) < 4.78 is 174. The van der Waals surface area contributed by atoms with Crippen LogP contribution < -0.4 is 31.2 Å². The van der Waals surface area contributed by atoms with Gasteiger partial charge in [-0.3, -0.25) is 56.5 Å². The zero-order valence-electron chi connectivity index (χ0n) is 54.7. The number of nitrogens with one attached hydrogen (secondary N) is 4. The fourth-order valence-corrected chi connectivity index (χ4v) is 14.8. The predicted molar refractivity (Wildman–Crippen MR) is 366 cm³/mol. The molecule has 2 amide bonds. The molecule has 38 heteroatoms. The number of halogens is 10. The van der Waals surface area contributed by atoms with Gasteiger partial charge in [0.15, 0.2) is 22.9 Å². The number of alkyl halides is 4. The third-order valence-corrected chi connectivity index (χ3v) is 19.1. The fraction of sp³-hybridized carbons (Fsp3) is 0.273. The number of benzene rings is 4. The van der Waals surface area contributed by atoms with Crippen molar-refractivity contribution >= 4 is 111 Å². The highest BCUT2D eigenvalue weighted by Gasteiger charge is 2.34. The molecule has 104 heavy (non-hydrogen) atoms. The summed E-state index contributed by atoms with van der Waals surface area (Å²) in [6.45, 7) is -0.959. The van der Waals surface area contributed by atoms with Gasteiger partial charge in [0.2, 0.25) is 31.9 Å². The van der Waals surface area contributed by atoms with E-state index in [1.54, 1.807) is 0 Å². The van der Waals surface area contributed by atoms with E-state index in [0.29, 0.717) is 73.2 Å². The van der Waals surface area contributed by atoms with E-state index in [9.17, 15) is 71.1 Å². The molecule has 0 saturated carbocycles. The van der Waals surface area contributed by atoms with Gasteiger partial charge in [-0.15, -0.1) is 0 Å². The van der Waals surface area contributed by atoms with Gasteiger partial charge in [-0.25, -0.2) is 71.9 Å². The Kier molecular flexibility index (Phi) is 19.4. The van der Waals surface area contributed by atoms with Crippen molar-refractivity contribution in [3.8, 4) is 11.4 Å². The summed E-state index contributed by atoms with van der Waals surface area (Å²) in [7, 11) is -4.65. The average molecular weight is 1520 g/mol. The maximum absolute atomic E-state index is 14.5. The molecular weight excluding hydrogens is 1460 g/mol. The van der Waals surface area contributed by atoms with Crippen molar-refractivity contribution in [1.82, 2.24) is 78.8 Å². The van der Waals surface area contributed by atoms with Crippen molar-refractivity contribution in [2.45, 2.75) is 89.4 Å². The monoisotopic (exact) mass is 1510 g/mol. The molecule has 540 valence electrons. The van der Waals surface area contributed by atoms with Crippen LogP contribution in [0.15, 0.2) is 107 Å². The zero-order valence-corrected chi connectivity index (χ0v) is 57.9. The zero-order chi connectivity index (χ0) is 74.1. The fourth-order valence-electron chi connectivity index (χ4n) is 13.4. The molecular formula is C66H56Cl2F8N18O8S2. The molecule has 2 aliphatic carbocycles. The van der Waals surface area contributed by atoms with Gasteiger partial charge >= 0.3 is 0 Å². The SMILES string of the molecule is Cn1nc(NS(C)(=O)=O)c2c(Cl)ccc(-n3c([C@H](Cc4cc(F)cc(F)c4)NC(=O)Cn4nc(C(F)F)c5c4CCC5)nc4ncccc4c3=O)c21.Cn1nc(NS(C)(=O)=O)c2c(Cl)ccc(-n3c([C@H](Cc4cc(F)cc(F)c4)NC(=O)Cn4nc(C(F)F)c5c4CCC5)nc4ncccc4c3=O)c21. The molecule has 0 bridgehead atoms. The lowest BCUT2D eigenvalue weighted by Gasteiger charge is -2.23. The quantitative estimate of drug-likeness (QED) is 0.0516. The lowest BCUT2D eigenvalue weighted by atomic mass is 10.0. The van der Waals surface area contributed by atoms with Crippen molar-refractivity contribution in [1.29, 1.82) is 0 Å². The van der Waals surface area contributed by atoms with Crippen LogP contribution in [0.2, 0.25) is 10.0 Å². The number of amides is 2. The Balaban J connectivity index is 0.000000185. The van der Waals surface area contributed by atoms with Crippen LogP contribution in [0.4, 0.5) is 46.8 Å². The summed E-state index contributed by atoms with van der Waals surface area (Å²) in [6.07, 6.45) is 1.32. The number of rotatable bonds is 20. The number of carbonyl (C=O) groups excluding carboxylic acids is 2. The molecule has 4 N–H and O–H groups in total. The molecule has 2 aliphatic rings. The van der Waals surface area contributed by atoms with Gasteiger partial charge in [0.05, 0.1) is 78.6 Å². The van der Waals surface area contributed by atoms with Crippen molar-refractivity contribution in [3.05, 3.63) is 208 Å². The molecule has 14 rings (SSSR count). The lowest BCUT2D eigenvalue weighted by Crippen LogP contribution is -2.38. The van der Waals surface area contributed by atoms with Crippen molar-refractivity contribution in [2.75, 3.05) is 22.0 Å². The highest BCUT2D eigenvalue weighted by Crippen LogP contribution is 2.39. The molecule has 4 aromatic carbocycles. The minimum atomic E-state index is -3.83. The molecule has 0 spiro atoms. The maximum atomic E-state index is 14.5. The number of fused-ring (bicyclic) bond motifs is 6. The topological polar surface area (TPSA) is 317 Å². The molecule has 26 nitrogen and oxygen atoms in total. The van der Waals surface area contributed by atoms with E-state index in [1.165, 1.54) is 93.7 Å². The van der Waals surface area contributed by atoms with Gasteiger partial charge in [-0.05, 0) is 122 Å². The van der Waals surface area contributed by atoms with Gasteiger partial charge in [0, 0.05) is 74.0 Å². The van der Waals surface area contributed by atoms with E-state index in [4.69, 9.17) is 23.2 Å². The number of hydrogen-bond acceptors (Lipinski definition) is 16. The number of anilines is 2. The molecule has 0 saturated heterocycles. The molecule has 0 radical (unpaired) electrons. The minimum Gasteiger partial charge on any atom is -0.344 e. The number of aromatic nitrogens is 14. The van der Waals surface area contributed by atoms with E-state index < -0.39 is 116 Å². The second kappa shape index (κ2) is 28.1. The van der Waals surface area contributed by atoms with Crippen LogP contribution in [-0.2, 0) is 95.3 Å². The second-order valence-corrected chi connectivity index (χ2v) is 29.0. The summed E-state index contributed by atoms with van der Waals surface area (Å²) in [5.74, 6) is -5.50. The number of sulfonamides is 2. The van der Waals surface area contributed by atoms with Crippen LogP contribution in [0.1, 0.15) is 94.5 Å². The van der Waals surface area contributed by atoms with Crippen LogP contribution >= 0.6 is 23.2 Å². The molecule has 2 atom stereocenters. The predicted octanol–water partition coefficient (Wildman–Crippen LogP) is 9.39. The van der Waals surface area contributed by atoms with Crippen LogP contribution in [0, 0.1) is 23.3 Å². The Morgan fingerprint density at radius 1 is 0.538 bits per heavy atom. The Bertz CT molecular complexity index is 5500. The van der Waals surface area contributed by atoms with Crippen LogP contribution in [0.3, 0.4) is 0 Å². The molecule has 8 aromatic heterocycles. The van der Waals surface area contributed by atoms with Gasteiger partial charge in [0.25, 0.3) is 24.0 Å². The molecule has 12 aromatic rings. The van der Waals surface area contributed by atoms with Gasteiger partial charge in [0.1, 0.15) is 59.4 Å². The highest BCUT2D eigenvalue weighted by molar-refractivity contribution is 7.92. The summed E-state index contributed by atoms with van der Waals surface area (Å²) in [5.41, 5.74) is 0.500. The summed E-state index contributed by atoms with van der Waals surface area (Å²) in [4.78, 5) is 74.4. The first-order chi connectivity index (χ1) is 49.4. The number of nitrogens with zero attached hydrogens (tertiary/aromatic N) is 14. The van der Waals surface area contributed by atoms with Crippen molar-refractivity contribution < 1.29 is 61.5 Å². The van der Waals surface area contributed by atoms with Crippen LogP contribution in [-0.4, -0.2) is 109 Å². The summed E-state index contributed by atoms with van der Waals surface area (Å²) >= 11 is 13.1. The third kappa shape index (κ3) is 14.4. The third-order valence-electron chi connectivity index (χ3n) is 17.3. The number of pyridine rings is 2. The van der Waals surface area contributed by atoms with E-state index in [-0.39, 0.29) is 113 Å². The first-order valence-corrected chi connectivity index (χ1v) is 36.1. The molecule has 8 heterocycles. The number of aryl methyl sites for hydroxylation is 2. The lowest BCUT2D eigenvalue weighted by molar-refractivity contribution is -0.123. The minimum absolute atomic E-state index is 0.00969. The van der Waals surface area contributed by atoms with E-state index in [2.05, 4.69) is 60.4 Å². The van der Waals surface area contributed by atoms with Gasteiger partial charge in [-0.2, -0.15) is 20.4 Å². The number of carbonyl (C=O) groups is 2. The Labute approximate surface area is 592 Å². The van der Waals surface area contributed by atoms with Crippen LogP contribution in [0.5, 0.6) is 0 Å². The first kappa shape index (κ1) is 71.7. The van der Waals surface area contributed by atoms with Crippen molar-refractivity contribution in [3.63, 3.8) is 0 Å². The summed E-state index contributed by atoms with van der Waals surface area (Å²) in [6, 6.07) is 14.8. The largest absolute Gasteiger partial charge is 0.344 e. The van der Waals surface area contributed by atoms with Gasteiger partial charge in [-0.1, -0.05) is 23.2 Å². The normalized spacial score (nSPS) is 13.6. The Morgan fingerprint density at radius 2 is 0.913 bits per heavy atom. The Hall–Kier alpha value is -10.7. The maximum Gasteiger partial charge on any atom is 0.282 e. The Morgan fingerprint density at radius 3 is 1.27 bits per heavy atom. The second-order valence-electron chi connectivity index (χ2n) is 24.7. The van der Waals surface area contributed by atoms with E-state index in [1.807, 2.05) is 0 Å². The number of hydrogen-bond donors (Lipinski definition) is 4. The molecule has 0 aliphatic heterocycles. The van der Waals surface area contributed by atoms with Crippen LogP contribution in [0.25, 0.3) is 55.2 Å². The highest BCUT2D eigenvalue weighted by atomic mass is 35.5. The van der Waals surface area contributed by atoms with E-state index in [0.717, 1.165) is 45.9 Å². The molecule has 0 fully saturated rings. The smallest absolute Gasteiger partial charge is 0.282 e. The molecule has 0 unspecified atom stereocenters. The average Bonchev–Trinajstić information content (AvgIpc) is 1.32. The van der Waals surface area contributed by atoms with Crippen molar-refractivity contribution in [2.24, 2.45) is 14.1 Å². The standard InChI is InChI=1S/2C33H28ClF4N9O4S/c2*1-45-28-24(9-8-21(34)26(28)31(43-45)44-52(2,50)51)47-32(41-30-20(33(47)49)6-4-10-39-30)22(13-16-11-17(35)14-18(36)12-16)40-25(48)15-46-23-7-3-5-19(23)27(42-46)29(37)38/h2*4,6,8-12,14,22,29H,3,5,7,13,15H2,1-2H3,(H,40,48)(H,43,44)/t2*22-/m00/s1. The van der Waals surface area contributed by atoms with E-state index >= 15 is 0 Å². The first-order valence-electron chi connectivity index (χ1n) is 31.6.